The van der Waals surface area contributed by atoms with Crippen LogP contribution in [0.1, 0.15) is 21.1 Å². The number of nitrogens with zero attached hydrogens (tertiary/aromatic N) is 1. The van der Waals surface area contributed by atoms with Crippen molar-refractivity contribution in [1.82, 2.24) is 4.98 Å². The lowest BCUT2D eigenvalue weighted by Gasteiger charge is -2.02. The lowest BCUT2D eigenvalue weighted by molar-refractivity contribution is 0.284. The van der Waals surface area contributed by atoms with Crippen molar-refractivity contribution in [3.05, 3.63) is 50.2 Å². The number of rotatable bonds is 3. The summed E-state index contributed by atoms with van der Waals surface area (Å²) in [7, 11) is 0. The van der Waals surface area contributed by atoms with Gasteiger partial charge in [-0.3, -0.25) is 0 Å². The van der Waals surface area contributed by atoms with Gasteiger partial charge in [0.05, 0.1) is 22.2 Å². The van der Waals surface area contributed by atoms with Crippen LogP contribution >= 0.6 is 22.9 Å². The van der Waals surface area contributed by atoms with Gasteiger partial charge in [0.2, 0.25) is 0 Å². The first-order chi connectivity index (χ1) is 8.11. The number of thiazole rings is 1. The molecular formula is C12H11ClFNOS. The fourth-order valence-corrected chi connectivity index (χ4v) is 2.73. The minimum Gasteiger partial charge on any atom is -0.391 e. The van der Waals surface area contributed by atoms with Crippen molar-refractivity contribution in [2.45, 2.75) is 20.0 Å². The van der Waals surface area contributed by atoms with E-state index < -0.39 is 0 Å². The second kappa shape index (κ2) is 5.12. The third-order valence-electron chi connectivity index (χ3n) is 2.47. The van der Waals surface area contributed by atoms with Crippen molar-refractivity contribution in [2.75, 3.05) is 0 Å². The average molecular weight is 272 g/mol. The van der Waals surface area contributed by atoms with Crippen molar-refractivity contribution in [2.24, 2.45) is 0 Å². The first-order valence-electron chi connectivity index (χ1n) is 5.10. The molecule has 90 valence electrons. The van der Waals surface area contributed by atoms with E-state index in [0.29, 0.717) is 17.0 Å². The fraction of sp³-hybridized carbons (Fsp3) is 0.250. The SMILES string of the molecule is Cc1nc(Cc2c(F)cccc2Cl)sc1CO. The lowest BCUT2D eigenvalue weighted by atomic mass is 10.1. The number of halogens is 2. The maximum atomic E-state index is 13.6. The maximum absolute atomic E-state index is 13.6. The molecule has 0 fully saturated rings. The van der Waals surface area contributed by atoms with E-state index in [2.05, 4.69) is 4.98 Å². The molecule has 17 heavy (non-hydrogen) atoms. The standard InChI is InChI=1S/C12H11ClFNOS/c1-7-11(6-16)17-12(15-7)5-8-9(13)3-2-4-10(8)14/h2-4,16H,5-6H2,1H3. The van der Waals surface area contributed by atoms with E-state index in [0.717, 1.165) is 15.6 Å². The molecule has 2 aromatic rings. The predicted molar refractivity (Wildman–Crippen MR) is 67.0 cm³/mol. The highest BCUT2D eigenvalue weighted by Crippen LogP contribution is 2.25. The summed E-state index contributed by atoms with van der Waals surface area (Å²) in [5.41, 5.74) is 1.24. The van der Waals surface area contributed by atoms with Gasteiger partial charge in [-0.1, -0.05) is 17.7 Å². The number of hydrogen-bond donors (Lipinski definition) is 1. The monoisotopic (exact) mass is 271 g/mol. The Morgan fingerprint density at radius 1 is 1.47 bits per heavy atom. The molecule has 0 saturated carbocycles. The zero-order chi connectivity index (χ0) is 12.4. The highest BCUT2D eigenvalue weighted by Gasteiger charge is 2.12. The highest BCUT2D eigenvalue weighted by molar-refractivity contribution is 7.11. The molecule has 0 bridgehead atoms. The maximum Gasteiger partial charge on any atom is 0.128 e. The van der Waals surface area contributed by atoms with E-state index in [9.17, 15) is 4.39 Å². The summed E-state index contributed by atoms with van der Waals surface area (Å²) in [4.78, 5) is 5.10. The number of aliphatic hydroxyl groups excluding tert-OH is 1. The molecule has 0 unspecified atom stereocenters. The van der Waals surface area contributed by atoms with E-state index in [1.54, 1.807) is 12.1 Å². The molecule has 0 aliphatic heterocycles. The van der Waals surface area contributed by atoms with Crippen molar-refractivity contribution in [1.29, 1.82) is 0 Å². The Morgan fingerprint density at radius 2 is 2.24 bits per heavy atom. The van der Waals surface area contributed by atoms with Gasteiger partial charge in [0, 0.05) is 17.0 Å². The molecule has 1 aromatic heterocycles. The molecule has 5 heteroatoms. The number of benzene rings is 1. The largest absolute Gasteiger partial charge is 0.391 e. The number of hydrogen-bond acceptors (Lipinski definition) is 3. The van der Waals surface area contributed by atoms with Crippen LogP contribution in [0.15, 0.2) is 18.2 Å². The van der Waals surface area contributed by atoms with Crippen molar-refractivity contribution >= 4 is 22.9 Å². The molecule has 2 rings (SSSR count). The molecule has 1 aromatic carbocycles. The van der Waals surface area contributed by atoms with Gasteiger partial charge < -0.3 is 5.11 Å². The molecule has 0 spiro atoms. The van der Waals surface area contributed by atoms with Crippen LogP contribution in [0.2, 0.25) is 5.02 Å². The van der Waals surface area contributed by atoms with E-state index >= 15 is 0 Å². The van der Waals surface area contributed by atoms with Crippen LogP contribution in [0.4, 0.5) is 4.39 Å². The summed E-state index contributed by atoms with van der Waals surface area (Å²) < 4.78 is 13.6. The molecule has 0 atom stereocenters. The molecule has 0 saturated heterocycles. The van der Waals surface area contributed by atoms with Crippen LogP contribution in [0, 0.1) is 12.7 Å². The van der Waals surface area contributed by atoms with Gasteiger partial charge in [-0.15, -0.1) is 11.3 Å². The zero-order valence-corrected chi connectivity index (χ0v) is 10.8. The Hall–Kier alpha value is -0.970. The Labute approximate surface area is 108 Å². The Balaban J connectivity index is 2.31. The van der Waals surface area contributed by atoms with Crippen LogP contribution in [0.5, 0.6) is 0 Å². The molecule has 0 aliphatic carbocycles. The van der Waals surface area contributed by atoms with Crippen LogP contribution in [0.25, 0.3) is 0 Å². The summed E-state index contributed by atoms with van der Waals surface area (Å²) in [5.74, 6) is -0.323. The van der Waals surface area contributed by atoms with E-state index in [-0.39, 0.29) is 12.4 Å². The van der Waals surface area contributed by atoms with Crippen LogP contribution in [0.3, 0.4) is 0 Å². The average Bonchev–Trinajstić information content (AvgIpc) is 2.64. The summed E-state index contributed by atoms with van der Waals surface area (Å²) >= 11 is 7.33. The smallest absolute Gasteiger partial charge is 0.128 e. The van der Waals surface area contributed by atoms with Gasteiger partial charge in [-0.25, -0.2) is 9.37 Å². The van der Waals surface area contributed by atoms with Gasteiger partial charge in [0.1, 0.15) is 5.82 Å². The number of aliphatic hydroxyl groups is 1. The Kier molecular flexibility index (Phi) is 3.76. The van der Waals surface area contributed by atoms with Gasteiger partial charge >= 0.3 is 0 Å². The normalized spacial score (nSPS) is 10.8. The summed E-state index contributed by atoms with van der Waals surface area (Å²) in [6.07, 6.45) is 0.358. The summed E-state index contributed by atoms with van der Waals surface area (Å²) in [6, 6.07) is 4.62. The molecule has 1 heterocycles. The molecule has 2 nitrogen and oxygen atoms in total. The van der Waals surface area contributed by atoms with Gasteiger partial charge in [-0.2, -0.15) is 0 Å². The van der Waals surface area contributed by atoms with Gasteiger partial charge in [-0.05, 0) is 19.1 Å². The van der Waals surface area contributed by atoms with Crippen molar-refractivity contribution in [3.63, 3.8) is 0 Å². The molecule has 0 radical (unpaired) electrons. The molecule has 0 amide bonds. The zero-order valence-electron chi connectivity index (χ0n) is 9.20. The first-order valence-corrected chi connectivity index (χ1v) is 6.30. The van der Waals surface area contributed by atoms with Crippen LogP contribution in [-0.2, 0) is 13.0 Å². The summed E-state index contributed by atoms with van der Waals surface area (Å²) in [5, 5.41) is 10.2. The minimum atomic E-state index is -0.323. The van der Waals surface area contributed by atoms with Crippen LogP contribution in [-0.4, -0.2) is 10.1 Å². The second-order valence-electron chi connectivity index (χ2n) is 3.65. The van der Waals surface area contributed by atoms with Gasteiger partial charge in [0.25, 0.3) is 0 Å². The first kappa shape index (κ1) is 12.5. The minimum absolute atomic E-state index is 0.0332. The highest BCUT2D eigenvalue weighted by atomic mass is 35.5. The van der Waals surface area contributed by atoms with E-state index in [1.807, 2.05) is 6.92 Å². The second-order valence-corrected chi connectivity index (χ2v) is 5.23. The van der Waals surface area contributed by atoms with Crippen LogP contribution < -0.4 is 0 Å². The lowest BCUT2D eigenvalue weighted by Crippen LogP contribution is -1.93. The van der Waals surface area contributed by atoms with Gasteiger partial charge in [0.15, 0.2) is 0 Å². The molecule has 1 N–H and O–H groups in total. The van der Waals surface area contributed by atoms with E-state index in [1.165, 1.54) is 17.4 Å². The third kappa shape index (κ3) is 2.65. The number of aryl methyl sites for hydroxylation is 1. The number of aromatic nitrogens is 1. The van der Waals surface area contributed by atoms with Crippen molar-refractivity contribution in [3.8, 4) is 0 Å². The van der Waals surface area contributed by atoms with E-state index in [4.69, 9.17) is 16.7 Å². The molecular weight excluding hydrogens is 261 g/mol. The Bertz CT molecular complexity index is 521. The summed E-state index contributed by atoms with van der Waals surface area (Å²) in [6.45, 7) is 1.79. The Morgan fingerprint density at radius 3 is 2.82 bits per heavy atom. The fourth-order valence-electron chi connectivity index (χ4n) is 1.56. The quantitative estimate of drug-likeness (QED) is 0.929. The van der Waals surface area contributed by atoms with Crippen molar-refractivity contribution < 1.29 is 9.50 Å². The molecule has 0 aliphatic rings. The topological polar surface area (TPSA) is 33.1 Å². The third-order valence-corrected chi connectivity index (χ3v) is 3.97. The predicted octanol–water partition coefficient (Wildman–Crippen LogP) is 3.33.